The van der Waals surface area contributed by atoms with Crippen molar-refractivity contribution in [3.63, 3.8) is 0 Å². The Balaban J connectivity index is 2.40. The molecule has 28 heavy (non-hydrogen) atoms. The summed E-state index contributed by atoms with van der Waals surface area (Å²) in [4.78, 5) is 23.9. The molecule has 0 spiro atoms. The highest BCUT2D eigenvalue weighted by Gasteiger charge is 2.11. The maximum absolute atomic E-state index is 12.8. The van der Waals surface area contributed by atoms with Crippen LogP contribution in [-0.2, 0) is 14.3 Å². The van der Waals surface area contributed by atoms with E-state index >= 15 is 0 Å². The number of unbranched alkanes of at least 4 members (excludes halogenated alkanes) is 9. The van der Waals surface area contributed by atoms with E-state index in [9.17, 15) is 9.59 Å². The fourth-order valence-corrected chi connectivity index (χ4v) is 3.33. The molecule has 3 nitrogen and oxygen atoms in total. The maximum atomic E-state index is 12.8. The summed E-state index contributed by atoms with van der Waals surface area (Å²) in [5.74, 6) is 0.122. The highest BCUT2D eigenvalue weighted by atomic mass is 16.5. The number of hydrogen-bond donors (Lipinski definition) is 0. The van der Waals surface area contributed by atoms with Crippen LogP contribution in [0.15, 0.2) is 36.4 Å². The van der Waals surface area contributed by atoms with Gasteiger partial charge < -0.3 is 4.74 Å². The minimum Gasteiger partial charge on any atom is -0.469 e. The standard InChI is InChI=1S/C25H38O3/c1-3-4-5-6-8-14-19-23(22-17-12-11-13-18-22)24(26)20-15-9-7-10-16-21-25(27)28-2/h11-13,17-19H,3-10,14-16,20-21H2,1-2H3/b23-19-. The monoisotopic (exact) mass is 386 g/mol. The SMILES string of the molecule is CCCCCCC/C=C(\C(=O)CCCCCCCC(=O)OC)c1ccccc1. The van der Waals surface area contributed by atoms with Gasteiger partial charge in [-0.2, -0.15) is 0 Å². The van der Waals surface area contributed by atoms with Crippen molar-refractivity contribution in [1.82, 2.24) is 0 Å². The summed E-state index contributed by atoms with van der Waals surface area (Å²) < 4.78 is 4.65. The van der Waals surface area contributed by atoms with Gasteiger partial charge >= 0.3 is 5.97 Å². The third-order valence-corrected chi connectivity index (χ3v) is 5.05. The lowest BCUT2D eigenvalue weighted by Gasteiger charge is -2.08. The Kier molecular flexibility index (Phi) is 13.9. The Labute approximate surface area is 171 Å². The first kappa shape index (κ1) is 24.1. The number of hydrogen-bond acceptors (Lipinski definition) is 3. The van der Waals surface area contributed by atoms with Crippen molar-refractivity contribution in [1.29, 1.82) is 0 Å². The van der Waals surface area contributed by atoms with Gasteiger partial charge in [0, 0.05) is 18.4 Å². The summed E-state index contributed by atoms with van der Waals surface area (Å²) in [5, 5.41) is 0. The number of carbonyl (C=O) groups is 2. The lowest BCUT2D eigenvalue weighted by molar-refractivity contribution is -0.140. The van der Waals surface area contributed by atoms with Crippen molar-refractivity contribution in [3.05, 3.63) is 42.0 Å². The summed E-state index contributed by atoms with van der Waals surface area (Å²) in [6.07, 6.45) is 15.4. The zero-order valence-corrected chi connectivity index (χ0v) is 17.9. The molecule has 0 amide bonds. The molecule has 1 aromatic carbocycles. The number of rotatable bonds is 16. The predicted molar refractivity (Wildman–Crippen MR) is 117 cm³/mol. The molecule has 0 heterocycles. The fourth-order valence-electron chi connectivity index (χ4n) is 3.33. The smallest absolute Gasteiger partial charge is 0.305 e. The fraction of sp³-hybridized carbons (Fsp3) is 0.600. The number of Topliss-reactive ketones (excluding diaryl/α,β-unsaturated/α-hetero) is 1. The number of allylic oxidation sites excluding steroid dienone is 2. The zero-order valence-electron chi connectivity index (χ0n) is 17.9. The second kappa shape index (κ2) is 16.1. The molecular weight excluding hydrogens is 348 g/mol. The number of benzene rings is 1. The van der Waals surface area contributed by atoms with E-state index in [0.29, 0.717) is 12.8 Å². The van der Waals surface area contributed by atoms with E-state index in [1.165, 1.54) is 32.8 Å². The predicted octanol–water partition coefficient (Wildman–Crippen LogP) is 6.90. The molecule has 0 atom stereocenters. The molecule has 0 unspecified atom stereocenters. The Hall–Kier alpha value is -1.90. The van der Waals surface area contributed by atoms with Crippen LogP contribution in [0.1, 0.15) is 96.0 Å². The quantitative estimate of drug-likeness (QED) is 0.176. The van der Waals surface area contributed by atoms with E-state index in [4.69, 9.17) is 0 Å². The minimum atomic E-state index is -0.137. The van der Waals surface area contributed by atoms with Gasteiger partial charge in [-0.15, -0.1) is 0 Å². The molecule has 0 aliphatic carbocycles. The van der Waals surface area contributed by atoms with Gasteiger partial charge in [-0.25, -0.2) is 0 Å². The van der Waals surface area contributed by atoms with Gasteiger partial charge in [-0.3, -0.25) is 9.59 Å². The van der Waals surface area contributed by atoms with E-state index in [0.717, 1.165) is 56.1 Å². The summed E-state index contributed by atoms with van der Waals surface area (Å²) in [6, 6.07) is 10.1. The number of methoxy groups -OCH3 is 1. The molecule has 1 rings (SSSR count). The van der Waals surface area contributed by atoms with Crippen molar-refractivity contribution in [3.8, 4) is 0 Å². The van der Waals surface area contributed by atoms with Gasteiger partial charge in [-0.1, -0.05) is 88.3 Å². The lowest BCUT2D eigenvalue weighted by Crippen LogP contribution is -2.02. The van der Waals surface area contributed by atoms with Crippen LogP contribution in [-0.4, -0.2) is 18.9 Å². The number of carbonyl (C=O) groups excluding carboxylic acids is 2. The van der Waals surface area contributed by atoms with Gasteiger partial charge in [0.2, 0.25) is 0 Å². The molecule has 0 N–H and O–H groups in total. The van der Waals surface area contributed by atoms with E-state index in [1.54, 1.807) is 0 Å². The second-order valence-corrected chi connectivity index (χ2v) is 7.45. The van der Waals surface area contributed by atoms with Gasteiger partial charge in [0.25, 0.3) is 0 Å². The highest BCUT2D eigenvalue weighted by Crippen LogP contribution is 2.21. The molecule has 1 aromatic rings. The number of ether oxygens (including phenoxy) is 1. The third kappa shape index (κ3) is 11.1. The molecule has 0 aliphatic rings. The van der Waals surface area contributed by atoms with E-state index < -0.39 is 0 Å². The molecule has 3 heteroatoms. The largest absolute Gasteiger partial charge is 0.469 e. The average molecular weight is 387 g/mol. The van der Waals surface area contributed by atoms with Crippen molar-refractivity contribution in [2.24, 2.45) is 0 Å². The molecule has 156 valence electrons. The van der Waals surface area contributed by atoms with Crippen LogP contribution in [0.25, 0.3) is 5.57 Å². The lowest BCUT2D eigenvalue weighted by atomic mass is 9.96. The van der Waals surface area contributed by atoms with E-state index in [1.807, 2.05) is 30.3 Å². The first-order valence-corrected chi connectivity index (χ1v) is 11.0. The van der Waals surface area contributed by atoms with Gasteiger partial charge in [0.05, 0.1) is 7.11 Å². The molecular formula is C25H38O3. The van der Waals surface area contributed by atoms with E-state index in [2.05, 4.69) is 17.7 Å². The van der Waals surface area contributed by atoms with Crippen molar-refractivity contribution in [2.45, 2.75) is 90.4 Å². The Morgan fingerprint density at radius 2 is 1.43 bits per heavy atom. The first-order valence-electron chi connectivity index (χ1n) is 11.0. The number of ketones is 1. The van der Waals surface area contributed by atoms with Crippen molar-refractivity contribution < 1.29 is 14.3 Å². The topological polar surface area (TPSA) is 43.4 Å². The average Bonchev–Trinajstić information content (AvgIpc) is 2.72. The van der Waals surface area contributed by atoms with Crippen molar-refractivity contribution >= 4 is 17.3 Å². The molecule has 0 bridgehead atoms. The van der Waals surface area contributed by atoms with Crippen LogP contribution in [0.4, 0.5) is 0 Å². The normalized spacial score (nSPS) is 11.4. The Bertz CT molecular complexity index is 575. The van der Waals surface area contributed by atoms with E-state index in [-0.39, 0.29) is 11.8 Å². The van der Waals surface area contributed by atoms with Crippen LogP contribution in [0.5, 0.6) is 0 Å². The Morgan fingerprint density at radius 3 is 2.11 bits per heavy atom. The van der Waals surface area contributed by atoms with Crippen molar-refractivity contribution in [2.75, 3.05) is 7.11 Å². The van der Waals surface area contributed by atoms with Gasteiger partial charge in [0.1, 0.15) is 0 Å². The molecule has 0 saturated heterocycles. The Morgan fingerprint density at radius 1 is 0.821 bits per heavy atom. The highest BCUT2D eigenvalue weighted by molar-refractivity contribution is 6.20. The van der Waals surface area contributed by atoms with Crippen LogP contribution in [0.3, 0.4) is 0 Å². The summed E-state index contributed by atoms with van der Waals surface area (Å²) in [6.45, 7) is 2.23. The molecule has 0 saturated carbocycles. The molecule has 0 aromatic heterocycles. The van der Waals surface area contributed by atoms with Gasteiger partial charge in [0.15, 0.2) is 5.78 Å². The molecule has 0 aliphatic heterocycles. The molecule has 0 fully saturated rings. The number of esters is 1. The second-order valence-electron chi connectivity index (χ2n) is 7.45. The van der Waals surface area contributed by atoms with Crippen LogP contribution < -0.4 is 0 Å². The molecule has 0 radical (unpaired) electrons. The maximum Gasteiger partial charge on any atom is 0.305 e. The summed E-state index contributed by atoms with van der Waals surface area (Å²) >= 11 is 0. The van der Waals surface area contributed by atoms with Crippen LogP contribution >= 0.6 is 0 Å². The van der Waals surface area contributed by atoms with Gasteiger partial charge in [-0.05, 0) is 31.2 Å². The van der Waals surface area contributed by atoms with Crippen LogP contribution in [0.2, 0.25) is 0 Å². The summed E-state index contributed by atoms with van der Waals surface area (Å²) in [7, 11) is 1.43. The summed E-state index contributed by atoms with van der Waals surface area (Å²) in [5.41, 5.74) is 1.93. The first-order chi connectivity index (χ1) is 13.7. The minimum absolute atomic E-state index is 0.137. The third-order valence-electron chi connectivity index (χ3n) is 5.05. The zero-order chi connectivity index (χ0) is 20.5. The van der Waals surface area contributed by atoms with Crippen LogP contribution in [0, 0.1) is 0 Å².